The molecule has 1 atom stereocenters. The first-order chi connectivity index (χ1) is 6.16. The zero-order chi connectivity index (χ0) is 9.42. The quantitative estimate of drug-likeness (QED) is 0.561. The zero-order valence-corrected chi connectivity index (χ0v) is 9.39. The summed E-state index contributed by atoms with van der Waals surface area (Å²) in [6.07, 6.45) is 1.91. The van der Waals surface area contributed by atoms with Crippen LogP contribution in [0.15, 0.2) is 27.0 Å². The van der Waals surface area contributed by atoms with Gasteiger partial charge in [-0.25, -0.2) is 0 Å². The minimum absolute atomic E-state index is 0.0279. The van der Waals surface area contributed by atoms with E-state index in [9.17, 15) is 4.79 Å². The molecule has 13 heavy (non-hydrogen) atoms. The molecule has 0 spiro atoms. The number of carbonyl (C=O) groups excluding carboxylic acids is 1. The molecule has 0 fully saturated rings. The molecule has 1 amide bonds. The molecule has 0 saturated carbocycles. The van der Waals surface area contributed by atoms with Gasteiger partial charge in [-0.2, -0.15) is 4.72 Å². The number of amides is 1. The van der Waals surface area contributed by atoms with Crippen LogP contribution in [0.25, 0.3) is 0 Å². The highest BCUT2D eigenvalue weighted by Crippen LogP contribution is 2.26. The lowest BCUT2D eigenvalue weighted by Crippen LogP contribution is -2.27. The van der Waals surface area contributed by atoms with Crippen LogP contribution in [0, 0.1) is 0 Å². The van der Waals surface area contributed by atoms with E-state index < -0.39 is 10.9 Å². The van der Waals surface area contributed by atoms with Crippen LogP contribution >= 0.6 is 15.9 Å². The van der Waals surface area contributed by atoms with Gasteiger partial charge in [0.05, 0.1) is 16.4 Å². The lowest BCUT2D eigenvalue weighted by atomic mass is 10.2. The maximum absolute atomic E-state index is 11.5. The molecule has 0 aromatic heterocycles. The number of nitrogens with one attached hydrogen (secondary N) is 1. The third-order valence-corrected chi connectivity index (χ3v) is 3.26. The molecule has 1 N–H and O–H groups in total. The van der Waals surface area contributed by atoms with Gasteiger partial charge in [-0.1, -0.05) is 20.3 Å². The van der Waals surface area contributed by atoms with E-state index in [0.29, 0.717) is 5.56 Å². The van der Waals surface area contributed by atoms with Crippen molar-refractivity contribution in [1.29, 1.82) is 0 Å². The summed E-state index contributed by atoms with van der Waals surface area (Å²) < 4.78 is 8.05. The molecule has 0 bridgehead atoms. The van der Waals surface area contributed by atoms with Crippen molar-refractivity contribution in [3.63, 3.8) is 0 Å². The summed E-state index contributed by atoms with van der Waals surface area (Å²) in [6, 6.07) is 5.54. The van der Waals surface area contributed by atoms with Crippen LogP contribution in [0.4, 0.5) is 5.69 Å². The Morgan fingerprint density at radius 2 is 2.31 bits per heavy atom. The molecule has 3 nitrogen and oxygen atoms in total. The molecule has 0 saturated heterocycles. The van der Waals surface area contributed by atoms with Gasteiger partial charge in [-0.05, 0) is 18.2 Å². The normalized spacial score (nSPS) is 20.2. The van der Waals surface area contributed by atoms with E-state index in [1.807, 2.05) is 18.4 Å². The third-order valence-electron chi connectivity index (χ3n) is 1.72. The minimum atomic E-state index is -0.717. The van der Waals surface area contributed by atoms with Gasteiger partial charge in [-0.3, -0.25) is 4.79 Å². The Kier molecular flexibility index (Phi) is 2.21. The first-order valence-electron chi connectivity index (χ1n) is 3.73. The Morgan fingerprint density at radius 1 is 1.54 bits per heavy atom. The van der Waals surface area contributed by atoms with Gasteiger partial charge in [0.2, 0.25) is 0 Å². The molecule has 1 aliphatic heterocycles. The maximum Gasteiger partial charge on any atom is 0.292 e. The Balaban J connectivity index is 2.63. The SMILES string of the molecule is C[SH+]1=Nc2ccc(Br)cc2C(=O)N1. The molecular weight excluding hydrogens is 252 g/mol. The largest absolute Gasteiger partial charge is 0.292 e. The van der Waals surface area contributed by atoms with Crippen molar-refractivity contribution in [2.45, 2.75) is 0 Å². The first kappa shape index (κ1) is 8.90. The Hall–Kier alpha value is -0.680. The van der Waals surface area contributed by atoms with Gasteiger partial charge in [-0.15, -0.1) is 0 Å². The summed E-state index contributed by atoms with van der Waals surface area (Å²) in [5.41, 5.74) is 1.44. The van der Waals surface area contributed by atoms with Crippen molar-refractivity contribution in [2.75, 3.05) is 6.26 Å². The van der Waals surface area contributed by atoms with Crippen LogP contribution in [0.3, 0.4) is 0 Å². The number of halogens is 1. The molecule has 5 heteroatoms. The second-order valence-electron chi connectivity index (χ2n) is 2.73. The molecular formula is C8H8BrN2OS+. The van der Waals surface area contributed by atoms with E-state index in [-0.39, 0.29) is 5.91 Å². The average Bonchev–Trinajstić information content (AvgIpc) is 2.06. The van der Waals surface area contributed by atoms with E-state index in [1.165, 1.54) is 0 Å². The number of benzene rings is 1. The number of fused-ring (bicyclic) bond motifs is 1. The van der Waals surface area contributed by atoms with Crippen molar-refractivity contribution < 1.29 is 4.79 Å². The number of hydrogen-bond acceptors (Lipinski definition) is 2. The number of hydrogen-bond donors (Lipinski definition) is 1. The Bertz CT molecular complexity index is 417. The van der Waals surface area contributed by atoms with Gasteiger partial charge >= 0.3 is 0 Å². The maximum atomic E-state index is 11.5. The van der Waals surface area contributed by atoms with Crippen LogP contribution < -0.4 is 4.72 Å². The predicted molar refractivity (Wildman–Crippen MR) is 58.4 cm³/mol. The summed E-state index contributed by atoms with van der Waals surface area (Å²) in [6.45, 7) is 0. The van der Waals surface area contributed by atoms with Gasteiger partial charge in [0.25, 0.3) is 5.91 Å². The van der Waals surface area contributed by atoms with Crippen LogP contribution in [-0.2, 0) is 10.9 Å². The molecule has 1 aromatic rings. The Labute approximate surface area is 86.9 Å². The van der Waals surface area contributed by atoms with Crippen molar-refractivity contribution >= 4 is 38.4 Å². The Morgan fingerprint density at radius 3 is 3.08 bits per heavy atom. The molecule has 1 heterocycles. The van der Waals surface area contributed by atoms with E-state index in [2.05, 4.69) is 25.0 Å². The summed E-state index contributed by atoms with van der Waals surface area (Å²) in [5.74, 6) is -0.0279. The monoisotopic (exact) mass is 259 g/mol. The highest BCUT2D eigenvalue weighted by atomic mass is 79.9. The molecule has 1 aliphatic rings. The van der Waals surface area contributed by atoms with Crippen LogP contribution in [0.5, 0.6) is 0 Å². The second-order valence-corrected chi connectivity index (χ2v) is 5.11. The summed E-state index contributed by atoms with van der Waals surface area (Å²) in [7, 11) is -0.717. The summed E-state index contributed by atoms with van der Waals surface area (Å²) in [4.78, 5) is 11.5. The van der Waals surface area contributed by atoms with Crippen LogP contribution in [-0.4, -0.2) is 12.2 Å². The highest BCUT2D eigenvalue weighted by Gasteiger charge is 2.20. The zero-order valence-electron chi connectivity index (χ0n) is 6.91. The minimum Gasteiger partial charge on any atom is -0.265 e. The number of thiol groups is 1. The summed E-state index contributed by atoms with van der Waals surface area (Å²) in [5, 5.41) is 0. The van der Waals surface area contributed by atoms with Crippen molar-refractivity contribution in [3.8, 4) is 0 Å². The smallest absolute Gasteiger partial charge is 0.265 e. The standard InChI is InChI=1S/C8H7BrN2OS/c1-13-10-7-3-2-5(9)4-6(7)8(12)11-13/h2-4H,1H3,(H,10,11,12)/p+1. The van der Waals surface area contributed by atoms with Gasteiger partial charge in [0.15, 0.2) is 0 Å². The van der Waals surface area contributed by atoms with E-state index >= 15 is 0 Å². The highest BCUT2D eigenvalue weighted by molar-refractivity contribution is 9.10. The van der Waals surface area contributed by atoms with Crippen molar-refractivity contribution in [2.24, 2.45) is 4.36 Å². The molecule has 0 radical (unpaired) electrons. The topological polar surface area (TPSA) is 41.5 Å². The third kappa shape index (κ3) is 1.66. The fourth-order valence-electron chi connectivity index (χ4n) is 1.17. The van der Waals surface area contributed by atoms with Crippen molar-refractivity contribution in [3.05, 3.63) is 28.2 Å². The molecule has 1 aromatic carbocycles. The lowest BCUT2D eigenvalue weighted by Gasteiger charge is -2.09. The van der Waals surface area contributed by atoms with Gasteiger partial charge in [0.1, 0.15) is 11.9 Å². The summed E-state index contributed by atoms with van der Waals surface area (Å²) >= 11 is 3.32. The van der Waals surface area contributed by atoms with Gasteiger partial charge < -0.3 is 0 Å². The van der Waals surface area contributed by atoms with Crippen LogP contribution in [0.1, 0.15) is 10.4 Å². The predicted octanol–water partition coefficient (Wildman–Crippen LogP) is 1.90. The number of rotatable bonds is 0. The second kappa shape index (κ2) is 3.23. The number of nitrogens with zero attached hydrogens (tertiary/aromatic N) is 1. The van der Waals surface area contributed by atoms with E-state index in [0.717, 1.165) is 10.2 Å². The molecule has 2 rings (SSSR count). The average molecular weight is 260 g/mol. The van der Waals surface area contributed by atoms with E-state index in [1.54, 1.807) is 6.07 Å². The van der Waals surface area contributed by atoms with Crippen LogP contribution in [0.2, 0.25) is 0 Å². The molecule has 0 aliphatic carbocycles. The lowest BCUT2D eigenvalue weighted by molar-refractivity contribution is 0.0983. The van der Waals surface area contributed by atoms with Crippen molar-refractivity contribution in [1.82, 2.24) is 4.72 Å². The van der Waals surface area contributed by atoms with Gasteiger partial charge in [0, 0.05) is 4.47 Å². The molecule has 68 valence electrons. The number of carbonyl (C=O) groups is 1. The fourth-order valence-corrected chi connectivity index (χ4v) is 2.49. The molecule has 1 unspecified atom stereocenters. The van der Waals surface area contributed by atoms with E-state index in [4.69, 9.17) is 0 Å². The first-order valence-corrected chi connectivity index (χ1v) is 6.26. The fraction of sp³-hybridized carbons (Fsp3) is 0.125.